The maximum absolute atomic E-state index is 4.48. The Balaban J connectivity index is 2.16. The fourth-order valence-corrected chi connectivity index (χ4v) is 2.39. The zero-order valence-electron chi connectivity index (χ0n) is 12.1. The lowest BCUT2D eigenvalue weighted by Crippen LogP contribution is -2.07. The van der Waals surface area contributed by atoms with E-state index in [0.29, 0.717) is 0 Å². The summed E-state index contributed by atoms with van der Waals surface area (Å²) >= 11 is 0. The van der Waals surface area contributed by atoms with Crippen molar-refractivity contribution in [3.05, 3.63) is 53.1 Å². The Morgan fingerprint density at radius 1 is 1.32 bits per heavy atom. The van der Waals surface area contributed by atoms with E-state index in [9.17, 15) is 0 Å². The Morgan fingerprint density at radius 3 is 2.84 bits per heavy atom. The summed E-state index contributed by atoms with van der Waals surface area (Å²) < 4.78 is 2.25. The zero-order valence-corrected chi connectivity index (χ0v) is 12.1. The Bertz CT molecular complexity index is 529. The second-order valence-corrected chi connectivity index (χ2v) is 5.00. The number of benzene rings is 1. The quantitative estimate of drug-likeness (QED) is 0.862. The molecule has 0 spiro atoms. The molecule has 1 N–H and O–H groups in total. The lowest BCUT2D eigenvalue weighted by atomic mass is 10.0. The van der Waals surface area contributed by atoms with Gasteiger partial charge in [-0.25, -0.2) is 4.98 Å². The van der Waals surface area contributed by atoms with Gasteiger partial charge >= 0.3 is 0 Å². The smallest absolute Gasteiger partial charge is 0.113 e. The van der Waals surface area contributed by atoms with Crippen LogP contribution in [-0.4, -0.2) is 16.6 Å². The molecule has 0 radical (unpaired) electrons. The average molecular weight is 257 g/mol. The predicted octanol–water partition coefficient (Wildman–Crippen LogP) is 2.91. The topological polar surface area (TPSA) is 29.9 Å². The molecule has 1 aromatic heterocycles. The van der Waals surface area contributed by atoms with Crippen molar-refractivity contribution in [1.29, 1.82) is 0 Å². The Kier molecular flexibility index (Phi) is 4.74. The number of imidazole rings is 1. The number of nitrogens with one attached hydrogen (secondary N) is 1. The third kappa shape index (κ3) is 3.44. The lowest BCUT2D eigenvalue weighted by Gasteiger charge is -2.10. The Morgan fingerprint density at radius 2 is 2.16 bits per heavy atom. The summed E-state index contributed by atoms with van der Waals surface area (Å²) in [6.45, 7) is 6.35. The molecule has 0 saturated carbocycles. The van der Waals surface area contributed by atoms with E-state index in [1.165, 1.54) is 16.7 Å². The molecule has 0 amide bonds. The molecule has 3 heteroatoms. The van der Waals surface area contributed by atoms with E-state index >= 15 is 0 Å². The van der Waals surface area contributed by atoms with Crippen molar-refractivity contribution in [2.24, 2.45) is 0 Å². The molecule has 1 heterocycles. The molecule has 0 aliphatic heterocycles. The number of hydrogen-bond donors (Lipinski definition) is 1. The standard InChI is InChI=1S/C16H23N3/c1-4-8-19-9-7-18-16(19)11-15-6-5-14(12-17-3)10-13(15)2/h5-7,9-10,17H,4,8,11-12H2,1-3H3. The van der Waals surface area contributed by atoms with Crippen LogP contribution >= 0.6 is 0 Å². The van der Waals surface area contributed by atoms with Crippen LogP contribution in [0.2, 0.25) is 0 Å². The Labute approximate surface area is 115 Å². The SMILES string of the molecule is CCCn1ccnc1Cc1ccc(CNC)cc1C. The second kappa shape index (κ2) is 6.53. The van der Waals surface area contributed by atoms with Crippen molar-refractivity contribution in [2.45, 2.75) is 39.8 Å². The summed E-state index contributed by atoms with van der Waals surface area (Å²) in [5.41, 5.74) is 4.04. The van der Waals surface area contributed by atoms with Gasteiger partial charge in [-0.3, -0.25) is 0 Å². The molecule has 1 aromatic carbocycles. The highest BCUT2D eigenvalue weighted by Gasteiger charge is 2.06. The third-order valence-corrected chi connectivity index (χ3v) is 3.40. The minimum absolute atomic E-state index is 0.915. The van der Waals surface area contributed by atoms with Crippen molar-refractivity contribution in [1.82, 2.24) is 14.9 Å². The van der Waals surface area contributed by atoms with E-state index in [2.05, 4.69) is 53.1 Å². The number of hydrogen-bond acceptors (Lipinski definition) is 2. The maximum Gasteiger partial charge on any atom is 0.113 e. The van der Waals surface area contributed by atoms with Crippen molar-refractivity contribution in [3.8, 4) is 0 Å². The highest BCUT2D eigenvalue weighted by Crippen LogP contribution is 2.15. The predicted molar refractivity (Wildman–Crippen MR) is 79.3 cm³/mol. The van der Waals surface area contributed by atoms with Gasteiger partial charge in [0.1, 0.15) is 5.82 Å². The van der Waals surface area contributed by atoms with Gasteiger partial charge in [-0.05, 0) is 37.1 Å². The monoisotopic (exact) mass is 257 g/mol. The average Bonchev–Trinajstić information content (AvgIpc) is 2.81. The Hall–Kier alpha value is -1.61. The number of nitrogens with zero attached hydrogens (tertiary/aromatic N) is 2. The lowest BCUT2D eigenvalue weighted by molar-refractivity contribution is 0.646. The van der Waals surface area contributed by atoms with Crippen LogP contribution in [0.15, 0.2) is 30.6 Å². The number of aromatic nitrogens is 2. The molecular formula is C16H23N3. The maximum atomic E-state index is 4.48. The van der Waals surface area contributed by atoms with Gasteiger partial charge in [-0.15, -0.1) is 0 Å². The first-order valence-corrected chi connectivity index (χ1v) is 6.97. The summed E-state index contributed by atoms with van der Waals surface area (Å²) in [4.78, 5) is 4.48. The van der Waals surface area contributed by atoms with E-state index in [1.807, 2.05) is 13.2 Å². The third-order valence-electron chi connectivity index (χ3n) is 3.40. The highest BCUT2D eigenvalue weighted by atomic mass is 15.1. The van der Waals surface area contributed by atoms with E-state index in [-0.39, 0.29) is 0 Å². The first-order chi connectivity index (χ1) is 9.24. The summed E-state index contributed by atoms with van der Waals surface area (Å²) in [7, 11) is 1.98. The van der Waals surface area contributed by atoms with Crippen LogP contribution in [0.3, 0.4) is 0 Å². The molecule has 19 heavy (non-hydrogen) atoms. The van der Waals surface area contributed by atoms with Crippen LogP contribution in [0, 0.1) is 6.92 Å². The van der Waals surface area contributed by atoms with Gasteiger partial charge in [0.2, 0.25) is 0 Å². The van der Waals surface area contributed by atoms with Crippen LogP contribution in [0.5, 0.6) is 0 Å². The molecular weight excluding hydrogens is 234 g/mol. The molecule has 0 aliphatic rings. The second-order valence-electron chi connectivity index (χ2n) is 5.00. The minimum atomic E-state index is 0.915. The molecule has 102 valence electrons. The highest BCUT2D eigenvalue weighted by molar-refractivity contribution is 5.33. The summed E-state index contributed by atoms with van der Waals surface area (Å²) in [5, 5.41) is 3.19. The van der Waals surface area contributed by atoms with E-state index in [4.69, 9.17) is 0 Å². The van der Waals surface area contributed by atoms with Gasteiger partial charge in [0.05, 0.1) is 0 Å². The minimum Gasteiger partial charge on any atom is -0.335 e. The zero-order chi connectivity index (χ0) is 13.7. The summed E-state index contributed by atoms with van der Waals surface area (Å²) in [6.07, 6.45) is 6.03. The van der Waals surface area contributed by atoms with Crippen LogP contribution in [0.25, 0.3) is 0 Å². The molecule has 2 rings (SSSR count). The fourth-order valence-electron chi connectivity index (χ4n) is 2.39. The van der Waals surface area contributed by atoms with Crippen LogP contribution in [0.1, 0.15) is 35.9 Å². The van der Waals surface area contributed by atoms with Gasteiger partial charge in [0, 0.05) is 31.9 Å². The van der Waals surface area contributed by atoms with Crippen LogP contribution in [-0.2, 0) is 19.5 Å². The summed E-state index contributed by atoms with van der Waals surface area (Å²) in [6, 6.07) is 6.69. The van der Waals surface area contributed by atoms with Crippen molar-refractivity contribution < 1.29 is 0 Å². The van der Waals surface area contributed by atoms with Gasteiger partial charge < -0.3 is 9.88 Å². The van der Waals surface area contributed by atoms with Crippen molar-refractivity contribution in [3.63, 3.8) is 0 Å². The number of aryl methyl sites for hydroxylation is 2. The van der Waals surface area contributed by atoms with Crippen LogP contribution < -0.4 is 5.32 Å². The molecule has 3 nitrogen and oxygen atoms in total. The molecule has 2 aromatic rings. The number of rotatable bonds is 6. The molecule has 0 unspecified atom stereocenters. The van der Waals surface area contributed by atoms with E-state index in [1.54, 1.807) is 0 Å². The van der Waals surface area contributed by atoms with Gasteiger partial charge in [0.25, 0.3) is 0 Å². The molecule has 0 bridgehead atoms. The van der Waals surface area contributed by atoms with Gasteiger partial charge in [-0.2, -0.15) is 0 Å². The summed E-state index contributed by atoms with van der Waals surface area (Å²) in [5.74, 6) is 1.16. The van der Waals surface area contributed by atoms with Gasteiger partial charge in [-0.1, -0.05) is 25.1 Å². The molecule has 0 atom stereocenters. The first-order valence-electron chi connectivity index (χ1n) is 6.97. The fraction of sp³-hybridized carbons (Fsp3) is 0.438. The van der Waals surface area contributed by atoms with E-state index in [0.717, 1.165) is 31.8 Å². The van der Waals surface area contributed by atoms with Crippen molar-refractivity contribution >= 4 is 0 Å². The molecule has 0 fully saturated rings. The van der Waals surface area contributed by atoms with Crippen molar-refractivity contribution in [2.75, 3.05) is 7.05 Å². The van der Waals surface area contributed by atoms with Gasteiger partial charge in [0.15, 0.2) is 0 Å². The molecule has 0 saturated heterocycles. The largest absolute Gasteiger partial charge is 0.335 e. The van der Waals surface area contributed by atoms with E-state index < -0.39 is 0 Å². The van der Waals surface area contributed by atoms with Crippen LogP contribution in [0.4, 0.5) is 0 Å². The first kappa shape index (κ1) is 13.8. The molecule has 0 aliphatic carbocycles. The normalized spacial score (nSPS) is 10.9.